The first-order chi connectivity index (χ1) is 13.6. The number of nitrogens with one attached hydrogen (secondary N) is 1. The minimum absolute atomic E-state index is 0.0867. The van der Waals surface area contributed by atoms with E-state index in [4.69, 9.17) is 4.52 Å². The number of aromatic nitrogens is 2. The predicted octanol–water partition coefficient (Wildman–Crippen LogP) is 3.33. The zero-order chi connectivity index (χ0) is 19.3. The number of halogens is 1. The summed E-state index contributed by atoms with van der Waals surface area (Å²) in [7, 11) is 0. The van der Waals surface area contributed by atoms with Gasteiger partial charge in [0.25, 0.3) is 11.6 Å². The van der Waals surface area contributed by atoms with Crippen LogP contribution in [0.4, 0.5) is 4.39 Å². The van der Waals surface area contributed by atoms with Gasteiger partial charge in [-0.1, -0.05) is 17.3 Å². The Morgan fingerprint density at radius 3 is 2.96 bits per heavy atom. The molecule has 144 valence electrons. The maximum atomic E-state index is 13.8. The SMILES string of the molecule is Cc1noc2nc(C3CC3)cc(C(=O)N3CCNCC3c3cccc(F)c3)c12. The molecule has 1 aromatic carbocycles. The number of piperazine rings is 1. The Morgan fingerprint density at radius 1 is 1.32 bits per heavy atom. The molecular weight excluding hydrogens is 359 g/mol. The van der Waals surface area contributed by atoms with Gasteiger partial charge in [-0.15, -0.1) is 0 Å². The number of pyridine rings is 1. The molecule has 28 heavy (non-hydrogen) atoms. The van der Waals surface area contributed by atoms with E-state index < -0.39 is 0 Å². The number of hydrogen-bond acceptors (Lipinski definition) is 5. The molecule has 2 aromatic heterocycles. The van der Waals surface area contributed by atoms with Crippen LogP contribution in [0.3, 0.4) is 0 Å². The van der Waals surface area contributed by atoms with Crippen molar-refractivity contribution in [2.75, 3.05) is 19.6 Å². The van der Waals surface area contributed by atoms with Crippen molar-refractivity contribution in [2.45, 2.75) is 31.7 Å². The first-order valence-electron chi connectivity index (χ1n) is 9.66. The largest absolute Gasteiger partial charge is 0.336 e. The van der Waals surface area contributed by atoms with E-state index in [2.05, 4.69) is 15.5 Å². The van der Waals surface area contributed by atoms with Crippen LogP contribution in [0, 0.1) is 12.7 Å². The maximum absolute atomic E-state index is 13.8. The van der Waals surface area contributed by atoms with Gasteiger partial charge in [0.05, 0.1) is 22.7 Å². The fraction of sp³-hybridized carbons (Fsp3) is 0.381. The zero-order valence-electron chi connectivity index (χ0n) is 15.6. The molecule has 1 aliphatic heterocycles. The second-order valence-electron chi connectivity index (χ2n) is 7.59. The lowest BCUT2D eigenvalue weighted by molar-refractivity contribution is 0.0635. The van der Waals surface area contributed by atoms with Crippen molar-refractivity contribution in [1.29, 1.82) is 0 Å². The van der Waals surface area contributed by atoms with Gasteiger partial charge in [0, 0.05) is 31.2 Å². The van der Waals surface area contributed by atoms with Crippen molar-refractivity contribution in [3.63, 3.8) is 0 Å². The Balaban J connectivity index is 1.58. The van der Waals surface area contributed by atoms with E-state index in [-0.39, 0.29) is 17.8 Å². The monoisotopic (exact) mass is 380 g/mol. The van der Waals surface area contributed by atoms with Crippen LogP contribution in [0.1, 0.15) is 52.1 Å². The van der Waals surface area contributed by atoms with E-state index in [0.29, 0.717) is 47.9 Å². The van der Waals surface area contributed by atoms with Gasteiger partial charge in [-0.2, -0.15) is 0 Å². The van der Waals surface area contributed by atoms with Crippen molar-refractivity contribution in [3.8, 4) is 0 Å². The van der Waals surface area contributed by atoms with Gasteiger partial charge in [-0.05, 0) is 43.5 Å². The molecule has 1 amide bonds. The highest BCUT2D eigenvalue weighted by molar-refractivity contribution is 6.06. The number of carbonyl (C=O) groups is 1. The Bertz CT molecular complexity index is 1060. The minimum Gasteiger partial charge on any atom is -0.336 e. The molecule has 1 saturated heterocycles. The van der Waals surface area contributed by atoms with Gasteiger partial charge in [0.2, 0.25) is 0 Å². The van der Waals surface area contributed by atoms with Crippen molar-refractivity contribution in [2.24, 2.45) is 0 Å². The van der Waals surface area contributed by atoms with Gasteiger partial charge >= 0.3 is 0 Å². The van der Waals surface area contributed by atoms with Crippen LogP contribution in [0.25, 0.3) is 11.1 Å². The lowest BCUT2D eigenvalue weighted by Gasteiger charge is -2.36. The molecule has 6 nitrogen and oxygen atoms in total. The molecule has 3 aromatic rings. The molecule has 2 fully saturated rings. The third kappa shape index (κ3) is 2.96. The summed E-state index contributed by atoms with van der Waals surface area (Å²) in [5.74, 6) is 0.00688. The number of benzene rings is 1. The highest BCUT2D eigenvalue weighted by Gasteiger charge is 2.33. The molecule has 0 bridgehead atoms. The van der Waals surface area contributed by atoms with E-state index in [0.717, 1.165) is 24.1 Å². The molecule has 5 rings (SSSR count). The molecular formula is C21H21FN4O2. The van der Waals surface area contributed by atoms with Crippen LogP contribution >= 0.6 is 0 Å². The topological polar surface area (TPSA) is 71.3 Å². The normalized spacial score (nSPS) is 19.9. The quantitative estimate of drug-likeness (QED) is 0.755. The van der Waals surface area contributed by atoms with Crippen LogP contribution in [-0.4, -0.2) is 40.6 Å². The molecule has 1 aliphatic carbocycles. The first-order valence-corrected chi connectivity index (χ1v) is 9.66. The molecule has 0 spiro atoms. The third-order valence-corrected chi connectivity index (χ3v) is 5.60. The van der Waals surface area contributed by atoms with Gasteiger partial charge in [-0.25, -0.2) is 9.37 Å². The van der Waals surface area contributed by atoms with Crippen molar-refractivity contribution in [3.05, 3.63) is 58.7 Å². The zero-order valence-corrected chi connectivity index (χ0v) is 15.6. The van der Waals surface area contributed by atoms with E-state index >= 15 is 0 Å². The lowest BCUT2D eigenvalue weighted by atomic mass is 10.0. The Kier molecular flexibility index (Phi) is 4.12. The molecule has 1 atom stereocenters. The van der Waals surface area contributed by atoms with Gasteiger partial charge in [0.1, 0.15) is 5.82 Å². The summed E-state index contributed by atoms with van der Waals surface area (Å²) in [6.07, 6.45) is 2.16. The Hall–Kier alpha value is -2.80. The van der Waals surface area contributed by atoms with E-state index in [1.165, 1.54) is 12.1 Å². The number of aryl methyl sites for hydroxylation is 1. The fourth-order valence-corrected chi connectivity index (χ4v) is 3.98. The summed E-state index contributed by atoms with van der Waals surface area (Å²) in [5, 5.41) is 8.01. The number of carbonyl (C=O) groups excluding carboxylic acids is 1. The van der Waals surface area contributed by atoms with Crippen LogP contribution in [-0.2, 0) is 0 Å². The second-order valence-corrected chi connectivity index (χ2v) is 7.59. The summed E-state index contributed by atoms with van der Waals surface area (Å²) in [6, 6.07) is 8.13. The molecule has 0 radical (unpaired) electrons. The maximum Gasteiger partial charge on any atom is 0.259 e. The van der Waals surface area contributed by atoms with Gasteiger partial charge < -0.3 is 14.7 Å². The van der Waals surface area contributed by atoms with Crippen LogP contribution in [0.5, 0.6) is 0 Å². The predicted molar refractivity (Wildman–Crippen MR) is 102 cm³/mol. The number of rotatable bonds is 3. The third-order valence-electron chi connectivity index (χ3n) is 5.60. The molecule has 1 saturated carbocycles. The molecule has 3 heterocycles. The van der Waals surface area contributed by atoms with Crippen molar-refractivity contribution in [1.82, 2.24) is 20.4 Å². The summed E-state index contributed by atoms with van der Waals surface area (Å²) in [6.45, 7) is 3.65. The highest BCUT2D eigenvalue weighted by atomic mass is 19.1. The first kappa shape index (κ1) is 17.3. The number of amides is 1. The average molecular weight is 380 g/mol. The standard InChI is InChI=1S/C21H21FN4O2/c1-12-19-16(10-17(13-5-6-13)24-20(19)28-25-12)21(27)26-8-7-23-11-18(26)14-3-2-4-15(22)9-14/h2-4,9-10,13,18,23H,5-8,11H2,1H3. The summed E-state index contributed by atoms with van der Waals surface area (Å²) >= 11 is 0. The highest BCUT2D eigenvalue weighted by Crippen LogP contribution is 2.41. The summed E-state index contributed by atoms with van der Waals surface area (Å²) < 4.78 is 19.2. The lowest BCUT2D eigenvalue weighted by Crippen LogP contribution is -2.48. The second kappa shape index (κ2) is 6.67. The summed E-state index contributed by atoms with van der Waals surface area (Å²) in [4.78, 5) is 20.0. The number of fused-ring (bicyclic) bond motifs is 1. The van der Waals surface area contributed by atoms with E-state index in [9.17, 15) is 9.18 Å². The van der Waals surface area contributed by atoms with Crippen LogP contribution in [0.2, 0.25) is 0 Å². The van der Waals surface area contributed by atoms with Crippen molar-refractivity contribution < 1.29 is 13.7 Å². The molecule has 2 aliphatic rings. The van der Waals surface area contributed by atoms with Crippen molar-refractivity contribution >= 4 is 17.0 Å². The average Bonchev–Trinajstić information content (AvgIpc) is 3.50. The fourth-order valence-electron chi connectivity index (χ4n) is 3.98. The summed E-state index contributed by atoms with van der Waals surface area (Å²) in [5.41, 5.74) is 3.34. The number of nitrogens with zero attached hydrogens (tertiary/aromatic N) is 3. The molecule has 1 N–H and O–H groups in total. The van der Waals surface area contributed by atoms with Crippen LogP contribution in [0.15, 0.2) is 34.9 Å². The van der Waals surface area contributed by atoms with E-state index in [1.54, 1.807) is 6.07 Å². The molecule has 1 unspecified atom stereocenters. The number of hydrogen-bond donors (Lipinski definition) is 1. The Labute approximate surface area is 161 Å². The smallest absolute Gasteiger partial charge is 0.259 e. The Morgan fingerprint density at radius 2 is 2.18 bits per heavy atom. The van der Waals surface area contributed by atoms with E-state index in [1.807, 2.05) is 24.0 Å². The molecule has 7 heteroatoms. The van der Waals surface area contributed by atoms with Gasteiger partial charge in [0.15, 0.2) is 0 Å². The minimum atomic E-state index is -0.298. The van der Waals surface area contributed by atoms with Crippen LogP contribution < -0.4 is 5.32 Å². The van der Waals surface area contributed by atoms with Gasteiger partial charge in [-0.3, -0.25) is 4.79 Å².